The zero-order valence-corrected chi connectivity index (χ0v) is 12.6. The summed E-state index contributed by atoms with van der Waals surface area (Å²) in [7, 11) is 2.00. The van der Waals surface area contributed by atoms with Crippen LogP contribution in [-0.2, 0) is 4.79 Å². The lowest BCUT2D eigenvalue weighted by Gasteiger charge is -2.41. The molecule has 0 aromatic heterocycles. The number of aromatic hydroxyl groups is 1. The molecule has 0 saturated carbocycles. The number of benzene rings is 2. The first-order valence-electron chi connectivity index (χ1n) is 7.46. The normalized spacial score (nSPS) is 21.3. The van der Waals surface area contributed by atoms with Crippen LogP contribution in [0.25, 0.3) is 0 Å². The van der Waals surface area contributed by atoms with Crippen LogP contribution in [0.3, 0.4) is 0 Å². The number of nitrogens with zero attached hydrogens (tertiary/aromatic N) is 2. The molecule has 0 spiro atoms. The van der Waals surface area contributed by atoms with Crippen LogP contribution in [0.5, 0.6) is 5.75 Å². The number of para-hydroxylation sites is 2. The Kier molecular flexibility index (Phi) is 2.87. The summed E-state index contributed by atoms with van der Waals surface area (Å²) in [6.07, 6.45) is -0.192. The Bertz CT molecular complexity index is 792. The molecule has 4 rings (SSSR count). The molecule has 0 aliphatic carbocycles. The molecule has 2 aromatic carbocycles. The molecule has 0 saturated heterocycles. The van der Waals surface area contributed by atoms with E-state index in [4.69, 9.17) is 0 Å². The van der Waals surface area contributed by atoms with Crippen molar-refractivity contribution in [3.8, 4) is 5.75 Å². The molecule has 0 radical (unpaired) electrons. The van der Waals surface area contributed by atoms with E-state index in [2.05, 4.69) is 10.2 Å². The highest BCUT2D eigenvalue weighted by Crippen LogP contribution is 2.49. The van der Waals surface area contributed by atoms with Crippen LogP contribution in [0.2, 0.25) is 0 Å². The molecule has 2 unspecified atom stereocenters. The standard InChI is InChI=1S/C17H17N3O3/c1-19-14-5-3-2-4-12(14)18-17-16(19)11-8-10(21)6-7-13(11)20(17)9-15(22)23/h2-8,16-18,21H,9H2,1H3,(H,22,23). The summed E-state index contributed by atoms with van der Waals surface area (Å²) in [5.41, 5.74) is 3.80. The molecule has 2 aliphatic rings. The summed E-state index contributed by atoms with van der Waals surface area (Å²) >= 11 is 0. The Morgan fingerprint density at radius 2 is 2.00 bits per heavy atom. The van der Waals surface area contributed by atoms with Crippen LogP contribution in [0.15, 0.2) is 42.5 Å². The van der Waals surface area contributed by atoms with Gasteiger partial charge in [0.2, 0.25) is 0 Å². The number of fused-ring (bicyclic) bond motifs is 4. The predicted octanol–water partition coefficient (Wildman–Crippen LogP) is 2.23. The van der Waals surface area contributed by atoms with Gasteiger partial charge in [0.1, 0.15) is 18.5 Å². The first-order chi connectivity index (χ1) is 11.1. The number of phenolic OH excluding ortho intramolecular Hbond substituents is 1. The molecular weight excluding hydrogens is 294 g/mol. The second-order valence-electron chi connectivity index (χ2n) is 5.93. The second-order valence-corrected chi connectivity index (χ2v) is 5.93. The van der Waals surface area contributed by atoms with Crippen molar-refractivity contribution >= 4 is 23.0 Å². The lowest BCUT2D eigenvalue weighted by atomic mass is 10.0. The van der Waals surface area contributed by atoms with E-state index in [0.717, 1.165) is 22.6 Å². The number of phenols is 1. The summed E-state index contributed by atoms with van der Waals surface area (Å²) in [6.45, 7) is -0.0953. The van der Waals surface area contributed by atoms with Crippen molar-refractivity contribution < 1.29 is 15.0 Å². The van der Waals surface area contributed by atoms with E-state index >= 15 is 0 Å². The van der Waals surface area contributed by atoms with E-state index in [1.807, 2.05) is 36.2 Å². The molecule has 118 valence electrons. The van der Waals surface area contributed by atoms with Crippen molar-refractivity contribution in [1.29, 1.82) is 0 Å². The Labute approximate surface area is 133 Å². The van der Waals surface area contributed by atoms with Crippen molar-refractivity contribution in [2.24, 2.45) is 0 Å². The maximum absolute atomic E-state index is 11.3. The highest BCUT2D eigenvalue weighted by Gasteiger charge is 2.44. The second kappa shape index (κ2) is 4.81. The van der Waals surface area contributed by atoms with Gasteiger partial charge in [0.15, 0.2) is 0 Å². The molecule has 2 heterocycles. The van der Waals surface area contributed by atoms with Gasteiger partial charge < -0.3 is 25.3 Å². The zero-order chi connectivity index (χ0) is 16.1. The van der Waals surface area contributed by atoms with Crippen LogP contribution >= 0.6 is 0 Å². The van der Waals surface area contributed by atoms with Crippen LogP contribution in [-0.4, -0.2) is 35.9 Å². The van der Waals surface area contributed by atoms with E-state index in [1.54, 1.807) is 18.2 Å². The van der Waals surface area contributed by atoms with Gasteiger partial charge in [0.25, 0.3) is 0 Å². The molecule has 2 aromatic rings. The SMILES string of the molecule is CN1c2ccccc2NC2C1c1cc(O)ccc1N2CC(=O)O. The smallest absolute Gasteiger partial charge is 0.323 e. The molecule has 3 N–H and O–H groups in total. The average Bonchev–Trinajstić information content (AvgIpc) is 2.80. The maximum atomic E-state index is 11.3. The van der Waals surface area contributed by atoms with Gasteiger partial charge in [-0.3, -0.25) is 4.79 Å². The highest BCUT2D eigenvalue weighted by molar-refractivity contribution is 5.82. The molecule has 6 nitrogen and oxygen atoms in total. The van der Waals surface area contributed by atoms with Gasteiger partial charge >= 0.3 is 5.97 Å². The van der Waals surface area contributed by atoms with Gasteiger partial charge in [-0.25, -0.2) is 0 Å². The van der Waals surface area contributed by atoms with Gasteiger partial charge in [-0.2, -0.15) is 0 Å². The lowest BCUT2D eigenvalue weighted by Crippen LogP contribution is -2.49. The number of anilines is 3. The van der Waals surface area contributed by atoms with Crippen LogP contribution in [0, 0.1) is 0 Å². The average molecular weight is 311 g/mol. The van der Waals surface area contributed by atoms with Crippen molar-refractivity contribution in [1.82, 2.24) is 0 Å². The minimum absolute atomic E-state index is 0.0636. The molecule has 0 fully saturated rings. The maximum Gasteiger partial charge on any atom is 0.323 e. The Morgan fingerprint density at radius 3 is 2.78 bits per heavy atom. The summed E-state index contributed by atoms with van der Waals surface area (Å²) < 4.78 is 0. The van der Waals surface area contributed by atoms with Crippen LogP contribution in [0.4, 0.5) is 17.1 Å². The fourth-order valence-electron chi connectivity index (χ4n) is 3.65. The van der Waals surface area contributed by atoms with Crippen molar-refractivity contribution in [3.05, 3.63) is 48.0 Å². The number of carbonyl (C=O) groups is 1. The van der Waals surface area contributed by atoms with Gasteiger partial charge in [0.05, 0.1) is 17.4 Å². The summed E-state index contributed by atoms with van der Waals surface area (Å²) in [6, 6.07) is 13.0. The third kappa shape index (κ3) is 1.98. The first kappa shape index (κ1) is 13.8. The number of rotatable bonds is 2. The molecule has 2 atom stereocenters. The van der Waals surface area contributed by atoms with E-state index in [0.29, 0.717) is 0 Å². The molecule has 2 aliphatic heterocycles. The fourth-order valence-corrected chi connectivity index (χ4v) is 3.65. The number of carboxylic acid groups (broad SMARTS) is 1. The van der Waals surface area contributed by atoms with Crippen LogP contribution < -0.4 is 15.1 Å². The van der Waals surface area contributed by atoms with E-state index in [9.17, 15) is 15.0 Å². The van der Waals surface area contributed by atoms with Crippen molar-refractivity contribution in [2.45, 2.75) is 12.2 Å². The minimum Gasteiger partial charge on any atom is -0.508 e. The third-order valence-corrected chi connectivity index (χ3v) is 4.58. The Balaban J connectivity index is 1.86. The van der Waals surface area contributed by atoms with Gasteiger partial charge in [-0.05, 0) is 30.3 Å². The Hall–Kier alpha value is -2.89. The number of likely N-dealkylation sites (N-methyl/N-ethyl adjacent to an activating group) is 1. The largest absolute Gasteiger partial charge is 0.508 e. The monoisotopic (exact) mass is 311 g/mol. The number of aliphatic carboxylic acids is 1. The van der Waals surface area contributed by atoms with Gasteiger partial charge in [0, 0.05) is 18.3 Å². The van der Waals surface area contributed by atoms with E-state index in [-0.39, 0.29) is 24.5 Å². The Morgan fingerprint density at radius 1 is 1.22 bits per heavy atom. The topological polar surface area (TPSA) is 76.0 Å². The van der Waals surface area contributed by atoms with Gasteiger partial charge in [-0.1, -0.05) is 12.1 Å². The van der Waals surface area contributed by atoms with E-state index < -0.39 is 5.97 Å². The third-order valence-electron chi connectivity index (χ3n) is 4.58. The molecule has 6 heteroatoms. The lowest BCUT2D eigenvalue weighted by molar-refractivity contribution is -0.135. The first-order valence-corrected chi connectivity index (χ1v) is 7.46. The van der Waals surface area contributed by atoms with Crippen molar-refractivity contribution in [2.75, 3.05) is 28.7 Å². The van der Waals surface area contributed by atoms with E-state index in [1.165, 1.54) is 0 Å². The zero-order valence-electron chi connectivity index (χ0n) is 12.6. The fraction of sp³-hybridized carbons (Fsp3) is 0.235. The number of nitrogens with one attached hydrogen (secondary N) is 1. The minimum atomic E-state index is -0.881. The molecule has 0 amide bonds. The number of hydrogen-bond donors (Lipinski definition) is 3. The van der Waals surface area contributed by atoms with Gasteiger partial charge in [-0.15, -0.1) is 0 Å². The molecule has 0 bridgehead atoms. The van der Waals surface area contributed by atoms with Crippen molar-refractivity contribution in [3.63, 3.8) is 0 Å². The summed E-state index contributed by atoms with van der Waals surface area (Å²) in [4.78, 5) is 15.3. The quantitative estimate of drug-likeness (QED) is 0.789. The number of hydrogen-bond acceptors (Lipinski definition) is 5. The highest BCUT2D eigenvalue weighted by atomic mass is 16.4. The van der Waals surface area contributed by atoms with Crippen LogP contribution in [0.1, 0.15) is 11.6 Å². The molecular formula is C17H17N3O3. The summed E-state index contributed by atoms with van der Waals surface area (Å²) in [5.74, 6) is -0.695. The molecule has 23 heavy (non-hydrogen) atoms. The number of carboxylic acids is 1. The summed E-state index contributed by atoms with van der Waals surface area (Å²) in [5, 5.41) is 22.6. The predicted molar refractivity (Wildman–Crippen MR) is 88.1 cm³/mol.